The number of aromatic nitrogens is 3. The molecule has 0 aliphatic heterocycles. The van der Waals surface area contributed by atoms with E-state index in [-0.39, 0.29) is 18.9 Å². The number of hydrogen-bond acceptors (Lipinski definition) is 10. The van der Waals surface area contributed by atoms with Crippen molar-refractivity contribution in [3.05, 3.63) is 52.7 Å². The zero-order valence-electron chi connectivity index (χ0n) is 16.2. The fraction of sp³-hybridized carbons (Fsp3) is 0.200. The summed E-state index contributed by atoms with van der Waals surface area (Å²) >= 11 is 3.11. The van der Waals surface area contributed by atoms with E-state index in [1.165, 1.54) is 11.3 Å². The van der Waals surface area contributed by atoms with Crippen LogP contribution in [0.2, 0.25) is 0 Å². The van der Waals surface area contributed by atoms with Gasteiger partial charge < -0.3 is 18.7 Å². The second kappa shape index (κ2) is 9.06. The van der Waals surface area contributed by atoms with Gasteiger partial charge in [-0.1, -0.05) is 11.2 Å². The van der Waals surface area contributed by atoms with Crippen molar-refractivity contribution in [3.63, 3.8) is 0 Å². The molecule has 0 N–H and O–H groups in total. The molecular formula is C20H17N3O5S2. The number of methoxy groups -OCH3 is 2. The summed E-state index contributed by atoms with van der Waals surface area (Å²) < 4.78 is 20.9. The van der Waals surface area contributed by atoms with E-state index in [1.807, 2.05) is 22.9 Å². The first-order chi connectivity index (χ1) is 14.7. The van der Waals surface area contributed by atoms with E-state index in [9.17, 15) is 4.79 Å². The molecule has 0 radical (unpaired) electrons. The smallest absolute Gasteiger partial charge is 0.312 e. The number of benzene rings is 1. The largest absolute Gasteiger partial charge is 0.493 e. The van der Waals surface area contributed by atoms with Gasteiger partial charge in [-0.25, -0.2) is 4.98 Å². The van der Waals surface area contributed by atoms with Crippen molar-refractivity contribution < 1.29 is 23.5 Å². The lowest BCUT2D eigenvalue weighted by atomic mass is 10.2. The normalized spacial score (nSPS) is 10.7. The van der Waals surface area contributed by atoms with Gasteiger partial charge in [0.25, 0.3) is 5.89 Å². The lowest BCUT2D eigenvalue weighted by Gasteiger charge is -2.07. The molecule has 0 saturated carbocycles. The third kappa shape index (κ3) is 4.50. The Morgan fingerprint density at radius 2 is 1.97 bits per heavy atom. The summed E-state index contributed by atoms with van der Waals surface area (Å²) in [6.07, 6.45) is 0.0819. The van der Waals surface area contributed by atoms with E-state index >= 15 is 0 Å². The number of carbonyl (C=O) groups is 1. The Morgan fingerprint density at radius 3 is 2.73 bits per heavy atom. The van der Waals surface area contributed by atoms with E-state index in [0.29, 0.717) is 28.6 Å². The van der Waals surface area contributed by atoms with Crippen molar-refractivity contribution in [1.29, 1.82) is 0 Å². The highest BCUT2D eigenvalue weighted by atomic mass is 32.1. The summed E-state index contributed by atoms with van der Waals surface area (Å²) in [5, 5.41) is 8.67. The molecule has 30 heavy (non-hydrogen) atoms. The highest BCUT2D eigenvalue weighted by Crippen LogP contribution is 2.31. The van der Waals surface area contributed by atoms with Crippen LogP contribution < -0.4 is 9.47 Å². The van der Waals surface area contributed by atoms with Crippen molar-refractivity contribution in [2.75, 3.05) is 14.2 Å². The van der Waals surface area contributed by atoms with E-state index < -0.39 is 5.97 Å². The van der Waals surface area contributed by atoms with Gasteiger partial charge in [0, 0.05) is 10.9 Å². The van der Waals surface area contributed by atoms with Crippen LogP contribution >= 0.6 is 22.7 Å². The average molecular weight is 444 g/mol. The zero-order valence-corrected chi connectivity index (χ0v) is 17.8. The maximum atomic E-state index is 12.1. The molecule has 0 aliphatic carbocycles. The number of thiophene rings is 1. The van der Waals surface area contributed by atoms with Crippen molar-refractivity contribution in [2.45, 2.75) is 13.0 Å². The van der Waals surface area contributed by atoms with Crippen LogP contribution in [0.5, 0.6) is 11.5 Å². The standard InChI is InChI=1S/C20H17N3O5S2/c1-25-14-6-5-12(8-15(14)26-2)19-22-17(28-23-19)10-27-18(24)9-13-11-30-20(21-13)16-4-3-7-29-16/h3-8,11H,9-10H2,1-2H3. The van der Waals surface area contributed by atoms with Crippen LogP contribution in [-0.4, -0.2) is 35.3 Å². The predicted octanol–water partition coefficient (Wildman–Crippen LogP) is 4.22. The second-order valence-corrected chi connectivity index (χ2v) is 7.85. The van der Waals surface area contributed by atoms with E-state index in [2.05, 4.69) is 15.1 Å². The molecule has 0 aliphatic rings. The number of carbonyl (C=O) groups excluding carboxylic acids is 1. The Balaban J connectivity index is 1.35. The van der Waals surface area contributed by atoms with Crippen LogP contribution in [0.4, 0.5) is 0 Å². The van der Waals surface area contributed by atoms with Crippen LogP contribution in [0.15, 0.2) is 45.6 Å². The van der Waals surface area contributed by atoms with Gasteiger partial charge in [0.15, 0.2) is 18.1 Å². The van der Waals surface area contributed by atoms with Crippen molar-refractivity contribution in [3.8, 4) is 32.8 Å². The highest BCUT2D eigenvalue weighted by Gasteiger charge is 2.15. The van der Waals surface area contributed by atoms with Gasteiger partial charge >= 0.3 is 5.97 Å². The van der Waals surface area contributed by atoms with Crippen LogP contribution in [0, 0.1) is 0 Å². The molecule has 0 amide bonds. The van der Waals surface area contributed by atoms with Gasteiger partial charge in [0.1, 0.15) is 5.01 Å². The number of rotatable bonds is 8. The first kappa shape index (κ1) is 20.0. The van der Waals surface area contributed by atoms with Crippen molar-refractivity contribution in [1.82, 2.24) is 15.1 Å². The summed E-state index contributed by atoms with van der Waals surface area (Å²) in [4.78, 5) is 22.0. The SMILES string of the molecule is COc1ccc(-c2noc(COC(=O)Cc3csc(-c4cccs4)n3)n2)cc1OC. The number of hydrogen-bond donors (Lipinski definition) is 0. The third-order valence-corrected chi connectivity index (χ3v) is 6.01. The first-order valence-electron chi connectivity index (χ1n) is 8.85. The number of ether oxygens (including phenoxy) is 3. The Hall–Kier alpha value is -3.24. The molecular weight excluding hydrogens is 426 g/mol. The molecule has 154 valence electrons. The molecule has 3 aromatic heterocycles. The summed E-state index contributed by atoms with van der Waals surface area (Å²) in [5.41, 5.74) is 1.36. The minimum Gasteiger partial charge on any atom is -0.493 e. The maximum Gasteiger partial charge on any atom is 0.312 e. The molecule has 0 atom stereocenters. The minimum atomic E-state index is -0.413. The topological polar surface area (TPSA) is 96.6 Å². The summed E-state index contributed by atoms with van der Waals surface area (Å²) in [7, 11) is 3.11. The molecule has 3 heterocycles. The molecule has 0 fully saturated rings. The molecule has 4 rings (SSSR count). The molecule has 0 saturated heterocycles. The fourth-order valence-electron chi connectivity index (χ4n) is 2.65. The van der Waals surface area contributed by atoms with Crippen LogP contribution in [0.1, 0.15) is 11.6 Å². The molecule has 0 spiro atoms. The number of esters is 1. The second-order valence-electron chi connectivity index (χ2n) is 6.04. The van der Waals surface area contributed by atoms with E-state index in [1.54, 1.807) is 43.8 Å². The number of thiazole rings is 1. The quantitative estimate of drug-likeness (QED) is 0.373. The van der Waals surface area contributed by atoms with Gasteiger partial charge in [-0.05, 0) is 29.6 Å². The van der Waals surface area contributed by atoms with Crippen molar-refractivity contribution >= 4 is 28.6 Å². The summed E-state index contributed by atoms with van der Waals surface area (Å²) in [6, 6.07) is 9.25. The number of nitrogens with zero attached hydrogens (tertiary/aromatic N) is 3. The predicted molar refractivity (Wildman–Crippen MR) is 112 cm³/mol. The van der Waals surface area contributed by atoms with Gasteiger partial charge in [0.05, 0.1) is 31.2 Å². The van der Waals surface area contributed by atoms with Crippen LogP contribution in [-0.2, 0) is 22.6 Å². The molecule has 0 bridgehead atoms. The fourth-order valence-corrected chi connectivity index (χ4v) is 4.28. The van der Waals surface area contributed by atoms with E-state index in [4.69, 9.17) is 18.7 Å². The maximum absolute atomic E-state index is 12.1. The lowest BCUT2D eigenvalue weighted by molar-refractivity contribution is -0.144. The van der Waals surface area contributed by atoms with Gasteiger partial charge in [-0.3, -0.25) is 4.79 Å². The Labute approximate surface area is 180 Å². The Bertz CT molecular complexity index is 1140. The van der Waals surface area contributed by atoms with Crippen LogP contribution in [0.3, 0.4) is 0 Å². The third-order valence-electron chi connectivity index (χ3n) is 4.08. The molecule has 10 heteroatoms. The molecule has 4 aromatic rings. The molecule has 1 aromatic carbocycles. The van der Waals surface area contributed by atoms with Gasteiger partial charge in [-0.2, -0.15) is 4.98 Å². The Morgan fingerprint density at radius 1 is 1.10 bits per heavy atom. The highest BCUT2D eigenvalue weighted by molar-refractivity contribution is 7.20. The van der Waals surface area contributed by atoms with Crippen molar-refractivity contribution in [2.24, 2.45) is 0 Å². The molecule has 0 unspecified atom stereocenters. The summed E-state index contributed by atoms with van der Waals surface area (Å²) in [5.74, 6) is 1.30. The molecule has 8 nitrogen and oxygen atoms in total. The van der Waals surface area contributed by atoms with Gasteiger partial charge in [0.2, 0.25) is 5.82 Å². The first-order valence-corrected chi connectivity index (χ1v) is 10.6. The van der Waals surface area contributed by atoms with Crippen LogP contribution in [0.25, 0.3) is 21.3 Å². The van der Waals surface area contributed by atoms with Gasteiger partial charge in [-0.15, -0.1) is 22.7 Å². The monoisotopic (exact) mass is 443 g/mol. The summed E-state index contributed by atoms with van der Waals surface area (Å²) in [6.45, 7) is -0.110. The average Bonchev–Trinajstić information content (AvgIpc) is 3.53. The van der Waals surface area contributed by atoms with E-state index in [0.717, 1.165) is 9.88 Å². The minimum absolute atomic E-state index is 0.0819. The zero-order chi connectivity index (χ0) is 20.9. The Kier molecular flexibility index (Phi) is 6.05. The lowest BCUT2D eigenvalue weighted by Crippen LogP contribution is -2.08.